The van der Waals surface area contributed by atoms with Crippen LogP contribution in [0, 0.1) is 13.8 Å². The zero-order valence-corrected chi connectivity index (χ0v) is 12.4. The third-order valence-corrected chi connectivity index (χ3v) is 4.32. The maximum Gasteiger partial charge on any atom is 0.0185 e. The highest BCUT2D eigenvalue weighted by atomic mass is 32.2. The van der Waals surface area contributed by atoms with Gasteiger partial charge in [-0.3, -0.25) is 4.90 Å². The Hall–Kier alpha value is -0.510. The molecule has 1 fully saturated rings. The SMILES string of the molecule is Cc1cc(C)cc(CSCCN2CCNCC2)c1. The summed E-state index contributed by atoms with van der Waals surface area (Å²) in [5.41, 5.74) is 4.23. The summed E-state index contributed by atoms with van der Waals surface area (Å²) >= 11 is 2.06. The summed E-state index contributed by atoms with van der Waals surface area (Å²) in [4.78, 5) is 2.56. The van der Waals surface area contributed by atoms with Gasteiger partial charge in [0.05, 0.1) is 0 Å². The van der Waals surface area contributed by atoms with E-state index in [9.17, 15) is 0 Å². The maximum absolute atomic E-state index is 3.39. The van der Waals surface area contributed by atoms with Crippen molar-refractivity contribution in [3.8, 4) is 0 Å². The van der Waals surface area contributed by atoms with Gasteiger partial charge in [0.2, 0.25) is 0 Å². The first-order chi connectivity index (χ1) is 8.74. The molecule has 0 radical (unpaired) electrons. The van der Waals surface area contributed by atoms with Crippen molar-refractivity contribution in [1.29, 1.82) is 0 Å². The first-order valence-electron chi connectivity index (χ1n) is 6.82. The normalized spacial score (nSPS) is 17.0. The third-order valence-electron chi connectivity index (χ3n) is 3.31. The molecule has 0 saturated carbocycles. The Balaban J connectivity index is 1.68. The number of hydrogen-bond acceptors (Lipinski definition) is 3. The van der Waals surface area contributed by atoms with Crippen LogP contribution in [0.5, 0.6) is 0 Å². The molecular weight excluding hydrogens is 240 g/mol. The standard InChI is InChI=1S/C15H24N2S/c1-13-9-14(2)11-15(10-13)12-18-8-7-17-5-3-16-4-6-17/h9-11,16H,3-8,12H2,1-2H3. The summed E-state index contributed by atoms with van der Waals surface area (Å²) in [7, 11) is 0. The predicted octanol–water partition coefficient (Wildman–Crippen LogP) is 2.44. The lowest BCUT2D eigenvalue weighted by atomic mass is 10.1. The van der Waals surface area contributed by atoms with E-state index in [1.807, 2.05) is 0 Å². The van der Waals surface area contributed by atoms with Crippen molar-refractivity contribution in [2.75, 3.05) is 38.5 Å². The van der Waals surface area contributed by atoms with Gasteiger partial charge in [-0.1, -0.05) is 29.3 Å². The van der Waals surface area contributed by atoms with Crippen molar-refractivity contribution in [2.24, 2.45) is 0 Å². The van der Waals surface area contributed by atoms with Crippen LogP contribution in [-0.2, 0) is 5.75 Å². The Kier molecular flexibility index (Phi) is 5.54. The summed E-state index contributed by atoms with van der Waals surface area (Å²) in [5.74, 6) is 2.39. The Morgan fingerprint density at radius 3 is 2.44 bits per heavy atom. The van der Waals surface area contributed by atoms with Gasteiger partial charge >= 0.3 is 0 Å². The summed E-state index contributed by atoms with van der Waals surface area (Å²) in [6.07, 6.45) is 0. The van der Waals surface area contributed by atoms with Crippen LogP contribution in [0.4, 0.5) is 0 Å². The van der Waals surface area contributed by atoms with E-state index in [1.54, 1.807) is 0 Å². The number of benzene rings is 1. The zero-order valence-electron chi connectivity index (χ0n) is 11.5. The van der Waals surface area contributed by atoms with Gasteiger partial charge in [-0.25, -0.2) is 0 Å². The second-order valence-electron chi connectivity index (χ2n) is 5.14. The van der Waals surface area contributed by atoms with Gasteiger partial charge in [-0.15, -0.1) is 0 Å². The molecule has 1 saturated heterocycles. The lowest BCUT2D eigenvalue weighted by molar-refractivity contribution is 0.255. The molecule has 0 spiro atoms. The maximum atomic E-state index is 3.39. The Bertz CT molecular complexity index is 353. The first-order valence-corrected chi connectivity index (χ1v) is 7.97. The molecule has 0 amide bonds. The smallest absolute Gasteiger partial charge is 0.0185 e. The fourth-order valence-electron chi connectivity index (χ4n) is 2.47. The topological polar surface area (TPSA) is 15.3 Å². The molecule has 2 rings (SSSR count). The van der Waals surface area contributed by atoms with E-state index in [2.05, 4.69) is 54.0 Å². The molecule has 1 aliphatic heterocycles. The van der Waals surface area contributed by atoms with Crippen molar-refractivity contribution in [3.63, 3.8) is 0 Å². The second-order valence-corrected chi connectivity index (χ2v) is 6.25. The van der Waals surface area contributed by atoms with Crippen molar-refractivity contribution < 1.29 is 0 Å². The molecular formula is C15H24N2S. The molecule has 0 aromatic heterocycles. The quantitative estimate of drug-likeness (QED) is 0.822. The van der Waals surface area contributed by atoms with Crippen LogP contribution in [-0.4, -0.2) is 43.4 Å². The molecule has 1 N–H and O–H groups in total. The number of nitrogens with one attached hydrogen (secondary N) is 1. The summed E-state index contributed by atoms with van der Waals surface area (Å²) in [5, 5.41) is 3.39. The minimum absolute atomic E-state index is 1.15. The van der Waals surface area contributed by atoms with Gasteiger partial charge in [-0.05, 0) is 19.4 Å². The zero-order chi connectivity index (χ0) is 12.8. The van der Waals surface area contributed by atoms with E-state index in [4.69, 9.17) is 0 Å². The molecule has 18 heavy (non-hydrogen) atoms. The van der Waals surface area contributed by atoms with Crippen LogP contribution in [0.2, 0.25) is 0 Å². The second kappa shape index (κ2) is 7.17. The van der Waals surface area contributed by atoms with E-state index in [1.165, 1.54) is 42.1 Å². The minimum Gasteiger partial charge on any atom is -0.314 e. The number of thioether (sulfide) groups is 1. The highest BCUT2D eigenvalue weighted by molar-refractivity contribution is 7.98. The molecule has 0 bridgehead atoms. The number of rotatable bonds is 5. The van der Waals surface area contributed by atoms with Crippen LogP contribution in [0.3, 0.4) is 0 Å². The van der Waals surface area contributed by atoms with E-state index in [0.29, 0.717) is 0 Å². The van der Waals surface area contributed by atoms with Gasteiger partial charge in [-0.2, -0.15) is 11.8 Å². The Morgan fingerprint density at radius 1 is 1.11 bits per heavy atom. The highest BCUT2D eigenvalue weighted by Crippen LogP contribution is 2.16. The number of piperazine rings is 1. The van der Waals surface area contributed by atoms with Crippen molar-refractivity contribution in [2.45, 2.75) is 19.6 Å². The molecule has 1 heterocycles. The average Bonchev–Trinajstić information content (AvgIpc) is 2.35. The average molecular weight is 264 g/mol. The number of aryl methyl sites for hydroxylation is 2. The summed E-state index contributed by atoms with van der Waals surface area (Å²) in [6, 6.07) is 6.87. The van der Waals surface area contributed by atoms with E-state index >= 15 is 0 Å². The van der Waals surface area contributed by atoms with Gasteiger partial charge in [0.15, 0.2) is 0 Å². The molecule has 2 nitrogen and oxygen atoms in total. The molecule has 0 atom stereocenters. The fourth-order valence-corrected chi connectivity index (χ4v) is 3.40. The minimum atomic E-state index is 1.15. The first kappa shape index (κ1) is 13.9. The third kappa shape index (κ3) is 4.63. The van der Waals surface area contributed by atoms with Gasteiger partial charge < -0.3 is 5.32 Å². The Labute approximate surface area is 115 Å². The highest BCUT2D eigenvalue weighted by Gasteiger charge is 2.08. The van der Waals surface area contributed by atoms with Crippen LogP contribution in [0.1, 0.15) is 16.7 Å². The van der Waals surface area contributed by atoms with E-state index in [0.717, 1.165) is 18.8 Å². The molecule has 3 heteroatoms. The number of hydrogen-bond donors (Lipinski definition) is 1. The summed E-state index contributed by atoms with van der Waals surface area (Å²) in [6.45, 7) is 10.3. The largest absolute Gasteiger partial charge is 0.314 e. The lowest BCUT2D eigenvalue weighted by Gasteiger charge is -2.26. The van der Waals surface area contributed by atoms with Crippen LogP contribution >= 0.6 is 11.8 Å². The van der Waals surface area contributed by atoms with E-state index < -0.39 is 0 Å². The van der Waals surface area contributed by atoms with Gasteiger partial charge in [0, 0.05) is 44.2 Å². The molecule has 0 aliphatic carbocycles. The van der Waals surface area contributed by atoms with Crippen LogP contribution in [0.25, 0.3) is 0 Å². The van der Waals surface area contributed by atoms with Gasteiger partial charge in [0.25, 0.3) is 0 Å². The van der Waals surface area contributed by atoms with Crippen LogP contribution in [0.15, 0.2) is 18.2 Å². The van der Waals surface area contributed by atoms with Crippen LogP contribution < -0.4 is 5.32 Å². The van der Waals surface area contributed by atoms with Gasteiger partial charge in [0.1, 0.15) is 0 Å². The monoisotopic (exact) mass is 264 g/mol. The van der Waals surface area contributed by atoms with Crippen molar-refractivity contribution >= 4 is 11.8 Å². The molecule has 1 aromatic rings. The van der Waals surface area contributed by atoms with Crippen molar-refractivity contribution in [3.05, 3.63) is 34.9 Å². The lowest BCUT2D eigenvalue weighted by Crippen LogP contribution is -2.44. The molecule has 100 valence electrons. The Morgan fingerprint density at radius 2 is 1.78 bits per heavy atom. The van der Waals surface area contributed by atoms with Crippen molar-refractivity contribution in [1.82, 2.24) is 10.2 Å². The predicted molar refractivity (Wildman–Crippen MR) is 81.4 cm³/mol. The molecule has 1 aromatic carbocycles. The fraction of sp³-hybridized carbons (Fsp3) is 0.600. The summed E-state index contributed by atoms with van der Waals surface area (Å²) < 4.78 is 0. The number of nitrogens with zero attached hydrogens (tertiary/aromatic N) is 1. The van der Waals surface area contributed by atoms with E-state index in [-0.39, 0.29) is 0 Å². The molecule has 1 aliphatic rings. The molecule has 0 unspecified atom stereocenters.